The van der Waals surface area contributed by atoms with Crippen molar-refractivity contribution in [2.75, 3.05) is 0 Å². The van der Waals surface area contributed by atoms with Crippen LogP contribution in [0.3, 0.4) is 0 Å². The third-order valence-electron chi connectivity index (χ3n) is 3.34. The van der Waals surface area contributed by atoms with Crippen LogP contribution in [-0.2, 0) is 5.88 Å². The molecule has 2 heteroatoms. The molecule has 2 aromatic carbocycles. The van der Waals surface area contributed by atoms with E-state index in [0.29, 0.717) is 11.8 Å². The summed E-state index contributed by atoms with van der Waals surface area (Å²) in [5, 5.41) is 0. The summed E-state index contributed by atoms with van der Waals surface area (Å²) in [4.78, 5) is 0. The summed E-state index contributed by atoms with van der Waals surface area (Å²) in [6.45, 7) is 4.41. The Hall–Kier alpha value is -1.47. The lowest BCUT2D eigenvalue weighted by Gasteiger charge is -2.15. The molecule has 2 rings (SSSR count). The van der Waals surface area contributed by atoms with E-state index in [9.17, 15) is 0 Å². The zero-order valence-corrected chi connectivity index (χ0v) is 12.2. The number of alkyl halides is 1. The van der Waals surface area contributed by atoms with Gasteiger partial charge in [-0.2, -0.15) is 0 Å². The second-order valence-electron chi connectivity index (χ2n) is 4.73. The van der Waals surface area contributed by atoms with Gasteiger partial charge in [0.25, 0.3) is 0 Å². The molecule has 2 aromatic rings. The lowest BCUT2D eigenvalue weighted by Crippen LogP contribution is -1.96. The van der Waals surface area contributed by atoms with Gasteiger partial charge in [-0.25, -0.2) is 0 Å². The highest BCUT2D eigenvalue weighted by molar-refractivity contribution is 6.17. The Kier molecular flexibility index (Phi) is 4.86. The number of benzene rings is 2. The predicted molar refractivity (Wildman–Crippen MR) is 81.2 cm³/mol. The number of ether oxygens (including phenoxy) is 1. The van der Waals surface area contributed by atoms with Crippen LogP contribution in [0.5, 0.6) is 11.5 Å². The van der Waals surface area contributed by atoms with Crippen LogP contribution in [0.25, 0.3) is 0 Å². The van der Waals surface area contributed by atoms with Gasteiger partial charge >= 0.3 is 0 Å². The first-order chi connectivity index (χ1) is 9.24. The van der Waals surface area contributed by atoms with Crippen molar-refractivity contribution >= 4 is 11.6 Å². The fraction of sp³-hybridized carbons (Fsp3) is 0.294. The van der Waals surface area contributed by atoms with Gasteiger partial charge in [0.05, 0.1) is 0 Å². The van der Waals surface area contributed by atoms with Crippen molar-refractivity contribution in [1.82, 2.24) is 0 Å². The van der Waals surface area contributed by atoms with E-state index in [-0.39, 0.29) is 0 Å². The Morgan fingerprint density at radius 2 is 1.89 bits per heavy atom. The normalized spacial score (nSPS) is 12.2. The standard InChI is InChI=1S/C17H19ClO/c1-3-13(2)16-9-4-5-10-17(16)19-15-8-6-7-14(11-15)12-18/h4-11,13H,3,12H2,1-2H3. The van der Waals surface area contributed by atoms with Gasteiger partial charge in [0.15, 0.2) is 0 Å². The third kappa shape index (κ3) is 3.51. The monoisotopic (exact) mass is 274 g/mol. The van der Waals surface area contributed by atoms with E-state index in [1.807, 2.05) is 36.4 Å². The third-order valence-corrected chi connectivity index (χ3v) is 3.65. The topological polar surface area (TPSA) is 9.23 Å². The molecule has 0 saturated heterocycles. The number of halogens is 1. The highest BCUT2D eigenvalue weighted by atomic mass is 35.5. The largest absolute Gasteiger partial charge is 0.457 e. The van der Waals surface area contributed by atoms with E-state index >= 15 is 0 Å². The van der Waals surface area contributed by atoms with Crippen LogP contribution in [0.15, 0.2) is 48.5 Å². The Morgan fingerprint density at radius 1 is 1.11 bits per heavy atom. The van der Waals surface area contributed by atoms with Gasteiger partial charge in [-0.3, -0.25) is 0 Å². The van der Waals surface area contributed by atoms with E-state index in [4.69, 9.17) is 16.3 Å². The van der Waals surface area contributed by atoms with Gasteiger partial charge in [-0.15, -0.1) is 11.6 Å². The molecule has 19 heavy (non-hydrogen) atoms. The minimum absolute atomic E-state index is 0.493. The molecule has 0 spiro atoms. The quantitative estimate of drug-likeness (QED) is 0.633. The first kappa shape index (κ1) is 14.0. The van der Waals surface area contributed by atoms with Gasteiger partial charge in [-0.1, -0.05) is 44.2 Å². The Balaban J connectivity index is 2.27. The highest BCUT2D eigenvalue weighted by Crippen LogP contribution is 2.32. The highest BCUT2D eigenvalue weighted by Gasteiger charge is 2.10. The second kappa shape index (κ2) is 6.63. The van der Waals surface area contributed by atoms with Crippen molar-refractivity contribution in [2.24, 2.45) is 0 Å². The first-order valence-electron chi connectivity index (χ1n) is 6.66. The molecule has 0 bridgehead atoms. The molecule has 0 aliphatic carbocycles. The fourth-order valence-corrected chi connectivity index (χ4v) is 2.19. The van der Waals surface area contributed by atoms with E-state index in [1.165, 1.54) is 5.56 Å². The lowest BCUT2D eigenvalue weighted by molar-refractivity contribution is 0.470. The van der Waals surface area contributed by atoms with Crippen molar-refractivity contribution in [3.05, 3.63) is 59.7 Å². The van der Waals surface area contributed by atoms with E-state index < -0.39 is 0 Å². The smallest absolute Gasteiger partial charge is 0.130 e. The Labute approximate surface area is 120 Å². The van der Waals surface area contributed by atoms with Crippen LogP contribution in [0.4, 0.5) is 0 Å². The van der Waals surface area contributed by atoms with Crippen LogP contribution in [0, 0.1) is 0 Å². The maximum absolute atomic E-state index is 6.02. The Morgan fingerprint density at radius 3 is 2.63 bits per heavy atom. The van der Waals surface area contributed by atoms with Crippen molar-refractivity contribution in [3.63, 3.8) is 0 Å². The number of hydrogen-bond donors (Lipinski definition) is 0. The molecule has 0 heterocycles. The van der Waals surface area contributed by atoms with E-state index in [1.54, 1.807) is 0 Å². The molecular formula is C17H19ClO. The van der Waals surface area contributed by atoms with Crippen LogP contribution in [-0.4, -0.2) is 0 Å². The molecule has 0 aromatic heterocycles. The van der Waals surface area contributed by atoms with Crippen LogP contribution in [0.2, 0.25) is 0 Å². The van der Waals surface area contributed by atoms with Gasteiger partial charge in [0.2, 0.25) is 0 Å². The van der Waals surface area contributed by atoms with Gasteiger partial charge in [0, 0.05) is 5.88 Å². The number of para-hydroxylation sites is 1. The number of rotatable bonds is 5. The summed E-state index contributed by atoms with van der Waals surface area (Å²) in [6.07, 6.45) is 1.10. The maximum atomic E-state index is 6.02. The average Bonchev–Trinajstić information content (AvgIpc) is 2.47. The van der Waals surface area contributed by atoms with Crippen molar-refractivity contribution in [1.29, 1.82) is 0 Å². The molecule has 1 atom stereocenters. The van der Waals surface area contributed by atoms with Crippen LogP contribution >= 0.6 is 11.6 Å². The molecule has 0 aliphatic heterocycles. The van der Waals surface area contributed by atoms with Crippen molar-refractivity contribution in [3.8, 4) is 11.5 Å². The van der Waals surface area contributed by atoms with Crippen LogP contribution < -0.4 is 4.74 Å². The van der Waals surface area contributed by atoms with Gasteiger partial charge in [-0.05, 0) is 41.7 Å². The van der Waals surface area contributed by atoms with Crippen LogP contribution in [0.1, 0.15) is 37.3 Å². The number of hydrogen-bond acceptors (Lipinski definition) is 1. The summed E-state index contributed by atoms with van der Waals surface area (Å²) >= 11 is 5.85. The van der Waals surface area contributed by atoms with Crippen molar-refractivity contribution in [2.45, 2.75) is 32.1 Å². The summed E-state index contributed by atoms with van der Waals surface area (Å²) in [5.74, 6) is 2.77. The summed E-state index contributed by atoms with van der Waals surface area (Å²) in [6, 6.07) is 16.1. The molecule has 0 saturated carbocycles. The molecule has 1 nitrogen and oxygen atoms in total. The van der Waals surface area contributed by atoms with E-state index in [2.05, 4.69) is 26.0 Å². The molecule has 0 N–H and O–H groups in total. The zero-order chi connectivity index (χ0) is 13.7. The summed E-state index contributed by atoms with van der Waals surface area (Å²) < 4.78 is 6.02. The minimum Gasteiger partial charge on any atom is -0.457 e. The summed E-state index contributed by atoms with van der Waals surface area (Å²) in [7, 11) is 0. The molecule has 1 unspecified atom stereocenters. The van der Waals surface area contributed by atoms with Crippen molar-refractivity contribution < 1.29 is 4.74 Å². The lowest BCUT2D eigenvalue weighted by atomic mass is 9.98. The predicted octanol–water partition coefficient (Wildman–Crippen LogP) is 5.73. The first-order valence-corrected chi connectivity index (χ1v) is 7.19. The molecule has 0 aliphatic rings. The Bertz CT molecular complexity index is 536. The average molecular weight is 275 g/mol. The second-order valence-corrected chi connectivity index (χ2v) is 5.00. The molecular weight excluding hydrogens is 256 g/mol. The van der Waals surface area contributed by atoms with E-state index in [0.717, 1.165) is 23.5 Å². The summed E-state index contributed by atoms with van der Waals surface area (Å²) in [5.41, 5.74) is 2.32. The maximum Gasteiger partial charge on any atom is 0.130 e. The molecule has 100 valence electrons. The van der Waals surface area contributed by atoms with Gasteiger partial charge in [0.1, 0.15) is 11.5 Å². The SMILES string of the molecule is CCC(C)c1ccccc1Oc1cccc(CCl)c1. The molecule has 0 amide bonds. The zero-order valence-electron chi connectivity index (χ0n) is 11.4. The fourth-order valence-electron chi connectivity index (χ4n) is 2.02. The van der Waals surface area contributed by atoms with Gasteiger partial charge < -0.3 is 4.74 Å². The minimum atomic E-state index is 0.493. The molecule has 0 fully saturated rings. The molecule has 0 radical (unpaired) electrons.